The second-order valence-corrected chi connectivity index (χ2v) is 8.34. The van der Waals surface area contributed by atoms with Crippen LogP contribution in [-0.2, 0) is 4.79 Å². The molecule has 0 saturated carbocycles. The fourth-order valence-electron chi connectivity index (χ4n) is 4.49. The first-order chi connectivity index (χ1) is 15.1. The smallest absolute Gasteiger partial charge is 0.225 e. The summed E-state index contributed by atoms with van der Waals surface area (Å²) in [7, 11) is 0. The average Bonchev–Trinajstić information content (AvgIpc) is 3.44. The molecule has 7 nitrogen and oxygen atoms in total. The number of guanidine groups is 1. The number of anilines is 1. The highest BCUT2D eigenvalue weighted by molar-refractivity contribution is 14.0. The van der Waals surface area contributed by atoms with Crippen LogP contribution in [-0.4, -0.2) is 49.5 Å². The molecule has 8 heteroatoms. The minimum absolute atomic E-state index is 0. The third kappa shape index (κ3) is 6.04. The Hall–Kier alpha value is -2.07. The Kier molecular flexibility index (Phi) is 8.98. The lowest BCUT2D eigenvalue weighted by Crippen LogP contribution is -2.41. The van der Waals surface area contributed by atoms with Gasteiger partial charge in [-0.15, -0.1) is 24.0 Å². The molecule has 0 bridgehead atoms. The number of likely N-dealkylation sites (tertiary alicyclic amines) is 1. The molecule has 1 fully saturated rings. The summed E-state index contributed by atoms with van der Waals surface area (Å²) in [6, 6.07) is 12.3. The van der Waals surface area contributed by atoms with E-state index < -0.39 is 0 Å². The molecule has 1 aromatic heterocycles. The van der Waals surface area contributed by atoms with Crippen molar-refractivity contribution < 1.29 is 9.21 Å². The number of para-hydroxylation sites is 1. The largest absolute Gasteiger partial charge is 0.465 e. The number of aliphatic imine (C=N–C) groups is 1. The van der Waals surface area contributed by atoms with Crippen molar-refractivity contribution in [1.29, 1.82) is 0 Å². The van der Waals surface area contributed by atoms with E-state index in [4.69, 9.17) is 9.41 Å². The molecular weight excluding hydrogens is 517 g/mol. The van der Waals surface area contributed by atoms with Crippen LogP contribution in [0.4, 0.5) is 5.69 Å². The number of benzene rings is 1. The molecule has 4 rings (SSSR count). The van der Waals surface area contributed by atoms with Crippen LogP contribution in [0, 0.1) is 6.92 Å². The van der Waals surface area contributed by atoms with Gasteiger partial charge in [-0.2, -0.15) is 0 Å². The molecule has 3 N–H and O–H groups in total. The zero-order valence-corrected chi connectivity index (χ0v) is 21.2. The lowest BCUT2D eigenvalue weighted by atomic mass is 9.90. The Morgan fingerprint density at radius 1 is 1.22 bits per heavy atom. The number of carbonyl (C=O) groups is 1. The number of rotatable bonds is 7. The second kappa shape index (κ2) is 11.7. The van der Waals surface area contributed by atoms with Gasteiger partial charge >= 0.3 is 0 Å². The molecule has 2 aliphatic rings. The number of nitrogens with zero attached hydrogens (tertiary/aromatic N) is 2. The van der Waals surface area contributed by atoms with Crippen molar-refractivity contribution in [2.45, 2.75) is 45.1 Å². The van der Waals surface area contributed by atoms with Crippen molar-refractivity contribution in [3.05, 3.63) is 53.5 Å². The first kappa shape index (κ1) is 24.6. The summed E-state index contributed by atoms with van der Waals surface area (Å²) >= 11 is 0. The minimum Gasteiger partial charge on any atom is -0.465 e. The molecule has 0 spiro atoms. The fraction of sp³-hybridized carbons (Fsp3) is 0.500. The summed E-state index contributed by atoms with van der Waals surface area (Å²) in [6.45, 7) is 8.28. The number of halogens is 1. The van der Waals surface area contributed by atoms with Crippen LogP contribution in [0.25, 0.3) is 0 Å². The number of hydrogen-bond donors (Lipinski definition) is 3. The second-order valence-electron chi connectivity index (χ2n) is 8.34. The van der Waals surface area contributed by atoms with Gasteiger partial charge in [-0.05, 0) is 63.5 Å². The molecule has 1 saturated heterocycles. The van der Waals surface area contributed by atoms with Gasteiger partial charge < -0.3 is 20.4 Å². The van der Waals surface area contributed by atoms with Gasteiger partial charge in [0.1, 0.15) is 11.5 Å². The van der Waals surface area contributed by atoms with Crippen molar-refractivity contribution in [2.24, 2.45) is 4.99 Å². The van der Waals surface area contributed by atoms with Gasteiger partial charge in [0.15, 0.2) is 5.96 Å². The van der Waals surface area contributed by atoms with Gasteiger partial charge in [0.25, 0.3) is 0 Å². The van der Waals surface area contributed by atoms with Gasteiger partial charge in [-0.3, -0.25) is 14.7 Å². The first-order valence-electron chi connectivity index (χ1n) is 11.4. The number of amides is 1. The molecule has 2 atom stereocenters. The summed E-state index contributed by atoms with van der Waals surface area (Å²) < 4.78 is 5.96. The van der Waals surface area contributed by atoms with Crippen LogP contribution in [0.15, 0.2) is 45.8 Å². The molecule has 0 radical (unpaired) electrons. The monoisotopic (exact) mass is 551 g/mol. The van der Waals surface area contributed by atoms with Gasteiger partial charge in [-0.25, -0.2) is 0 Å². The standard InChI is InChI=1S/C24H33N5O2.HI/c1-3-25-24(26-15-18-14-23(30)28-20-9-5-4-8-19(18)20)27-16-21(29-12-6-7-13-29)22-11-10-17(2)31-22;/h4-5,8-11,18,21H,3,6-7,12-16H2,1-2H3,(H,28,30)(H2,25,26,27);1H. The molecule has 2 aromatic rings. The maximum Gasteiger partial charge on any atom is 0.225 e. The maximum atomic E-state index is 12.1. The molecule has 174 valence electrons. The molecule has 0 aliphatic carbocycles. The van der Waals surface area contributed by atoms with E-state index in [1.54, 1.807) is 0 Å². The first-order valence-corrected chi connectivity index (χ1v) is 11.4. The fourth-order valence-corrected chi connectivity index (χ4v) is 4.49. The van der Waals surface area contributed by atoms with Crippen molar-refractivity contribution >= 4 is 41.5 Å². The molecule has 1 amide bonds. The molecule has 3 heterocycles. The lowest BCUT2D eigenvalue weighted by Gasteiger charge is -2.27. The highest BCUT2D eigenvalue weighted by Gasteiger charge is 2.27. The van der Waals surface area contributed by atoms with Crippen LogP contribution < -0.4 is 16.0 Å². The third-order valence-corrected chi connectivity index (χ3v) is 6.06. The zero-order chi connectivity index (χ0) is 21.6. The Bertz CT molecular complexity index is 923. The van der Waals surface area contributed by atoms with Crippen molar-refractivity contribution in [3.8, 4) is 0 Å². The van der Waals surface area contributed by atoms with Gasteiger partial charge in [0.05, 0.1) is 12.6 Å². The van der Waals surface area contributed by atoms with Crippen LogP contribution in [0.1, 0.15) is 55.2 Å². The van der Waals surface area contributed by atoms with Crippen LogP contribution >= 0.6 is 24.0 Å². The quantitative estimate of drug-likeness (QED) is 0.275. The number of fused-ring (bicyclic) bond motifs is 1. The van der Waals surface area contributed by atoms with E-state index in [9.17, 15) is 4.79 Å². The van der Waals surface area contributed by atoms with E-state index in [-0.39, 0.29) is 41.8 Å². The SMILES string of the molecule is CCNC(=NCC(c1ccc(C)o1)N1CCCC1)NCC1CC(=O)Nc2ccccc21.I. The summed E-state index contributed by atoms with van der Waals surface area (Å²) in [5, 5.41) is 9.78. The van der Waals surface area contributed by atoms with E-state index >= 15 is 0 Å². The minimum atomic E-state index is 0. The Morgan fingerprint density at radius 3 is 2.72 bits per heavy atom. The Labute approximate surface area is 207 Å². The highest BCUT2D eigenvalue weighted by atomic mass is 127. The normalized spacial score (nSPS) is 19.6. The zero-order valence-electron chi connectivity index (χ0n) is 18.9. The predicted molar refractivity (Wildman–Crippen MR) is 139 cm³/mol. The maximum absolute atomic E-state index is 12.1. The lowest BCUT2D eigenvalue weighted by molar-refractivity contribution is -0.116. The Morgan fingerprint density at radius 2 is 2.00 bits per heavy atom. The molecule has 32 heavy (non-hydrogen) atoms. The van der Waals surface area contributed by atoms with E-state index in [1.165, 1.54) is 18.4 Å². The van der Waals surface area contributed by atoms with Gasteiger partial charge in [0.2, 0.25) is 5.91 Å². The van der Waals surface area contributed by atoms with E-state index in [1.807, 2.05) is 31.2 Å². The molecular formula is C24H34IN5O2. The summed E-state index contributed by atoms with van der Waals surface area (Å²) in [5.41, 5.74) is 2.08. The Balaban J connectivity index is 0.00000289. The summed E-state index contributed by atoms with van der Waals surface area (Å²) in [6.07, 6.45) is 2.92. The number of aryl methyl sites for hydroxylation is 1. The third-order valence-electron chi connectivity index (χ3n) is 6.06. The number of hydrogen-bond acceptors (Lipinski definition) is 4. The van der Waals surface area contributed by atoms with Crippen LogP contribution in [0.5, 0.6) is 0 Å². The number of carbonyl (C=O) groups excluding carboxylic acids is 1. The van der Waals surface area contributed by atoms with Crippen molar-refractivity contribution in [2.75, 3.05) is 38.0 Å². The number of nitrogens with one attached hydrogen (secondary N) is 3. The predicted octanol–water partition coefficient (Wildman–Crippen LogP) is 4.02. The van der Waals surface area contributed by atoms with Crippen LogP contribution in [0.2, 0.25) is 0 Å². The average molecular weight is 551 g/mol. The number of furan rings is 1. The van der Waals surface area contributed by atoms with Crippen LogP contribution in [0.3, 0.4) is 0 Å². The molecule has 1 aromatic carbocycles. The van der Waals surface area contributed by atoms with E-state index in [0.717, 1.165) is 42.8 Å². The van der Waals surface area contributed by atoms with E-state index in [2.05, 4.69) is 39.9 Å². The topological polar surface area (TPSA) is 81.9 Å². The highest BCUT2D eigenvalue weighted by Crippen LogP contribution is 2.31. The summed E-state index contributed by atoms with van der Waals surface area (Å²) in [5.74, 6) is 2.88. The summed E-state index contributed by atoms with van der Waals surface area (Å²) in [4.78, 5) is 19.5. The van der Waals surface area contributed by atoms with Crippen molar-refractivity contribution in [3.63, 3.8) is 0 Å². The van der Waals surface area contributed by atoms with Gasteiger partial charge in [0, 0.05) is 31.1 Å². The van der Waals surface area contributed by atoms with Crippen molar-refractivity contribution in [1.82, 2.24) is 15.5 Å². The van der Waals surface area contributed by atoms with Gasteiger partial charge in [-0.1, -0.05) is 18.2 Å². The molecule has 2 unspecified atom stereocenters. The van der Waals surface area contributed by atoms with E-state index in [0.29, 0.717) is 19.5 Å². The molecule has 2 aliphatic heterocycles.